The van der Waals surface area contributed by atoms with Gasteiger partial charge in [-0.3, -0.25) is 4.79 Å². The monoisotopic (exact) mass is 304 g/mol. The SMILES string of the molecule is O=C(c1ccccc1OC(F)(F)C(F)F)C1CCCCC1. The summed E-state index contributed by atoms with van der Waals surface area (Å²) in [6, 6.07) is 5.33. The largest absolute Gasteiger partial charge is 0.461 e. The summed E-state index contributed by atoms with van der Waals surface area (Å²) in [5.41, 5.74) is -0.0512. The highest BCUT2D eigenvalue weighted by atomic mass is 19.3. The minimum Gasteiger partial charge on any atom is -0.428 e. The Bertz CT molecular complexity index is 496. The molecule has 0 N–H and O–H groups in total. The third-order valence-electron chi connectivity index (χ3n) is 3.63. The topological polar surface area (TPSA) is 26.3 Å². The van der Waals surface area contributed by atoms with Gasteiger partial charge in [-0.25, -0.2) is 0 Å². The molecule has 2 rings (SSSR count). The molecule has 0 radical (unpaired) electrons. The van der Waals surface area contributed by atoms with Gasteiger partial charge in [-0.1, -0.05) is 31.4 Å². The Morgan fingerprint density at radius 2 is 1.76 bits per heavy atom. The van der Waals surface area contributed by atoms with Gasteiger partial charge in [-0.2, -0.15) is 17.6 Å². The highest BCUT2D eigenvalue weighted by Gasteiger charge is 2.44. The third-order valence-corrected chi connectivity index (χ3v) is 3.63. The Labute approximate surface area is 120 Å². The van der Waals surface area contributed by atoms with Gasteiger partial charge in [0, 0.05) is 5.92 Å². The maximum absolute atomic E-state index is 13.0. The minimum absolute atomic E-state index is 0.0512. The first-order chi connectivity index (χ1) is 9.92. The van der Waals surface area contributed by atoms with Crippen molar-refractivity contribution in [1.82, 2.24) is 0 Å². The Morgan fingerprint density at radius 3 is 2.38 bits per heavy atom. The number of Topliss-reactive ketones (excluding diaryl/α,β-unsaturated/α-hetero) is 1. The van der Waals surface area contributed by atoms with Gasteiger partial charge in [-0.05, 0) is 25.0 Å². The average Bonchev–Trinajstić information content (AvgIpc) is 2.47. The molecule has 0 unspecified atom stereocenters. The van der Waals surface area contributed by atoms with Gasteiger partial charge in [0.05, 0.1) is 5.56 Å². The molecule has 2 nitrogen and oxygen atoms in total. The van der Waals surface area contributed by atoms with Crippen molar-refractivity contribution in [2.75, 3.05) is 0 Å². The van der Waals surface area contributed by atoms with E-state index in [1.54, 1.807) is 0 Å². The van der Waals surface area contributed by atoms with Gasteiger partial charge in [0.2, 0.25) is 0 Å². The maximum Gasteiger partial charge on any atom is 0.461 e. The van der Waals surface area contributed by atoms with Crippen molar-refractivity contribution in [1.29, 1.82) is 0 Å². The smallest absolute Gasteiger partial charge is 0.428 e. The summed E-state index contributed by atoms with van der Waals surface area (Å²) in [4.78, 5) is 12.4. The summed E-state index contributed by atoms with van der Waals surface area (Å²) in [6.07, 6.45) is -4.31. The lowest BCUT2D eigenvalue weighted by Crippen LogP contribution is -2.34. The van der Waals surface area contributed by atoms with Crippen LogP contribution >= 0.6 is 0 Å². The van der Waals surface area contributed by atoms with Crippen LogP contribution in [0, 0.1) is 5.92 Å². The molecule has 0 amide bonds. The highest BCUT2D eigenvalue weighted by molar-refractivity contribution is 6.00. The Balaban J connectivity index is 2.22. The lowest BCUT2D eigenvalue weighted by molar-refractivity contribution is -0.253. The van der Waals surface area contributed by atoms with E-state index in [0.29, 0.717) is 12.8 Å². The number of hydrogen-bond acceptors (Lipinski definition) is 2. The molecule has 116 valence electrons. The van der Waals surface area contributed by atoms with E-state index in [1.807, 2.05) is 0 Å². The zero-order valence-corrected chi connectivity index (χ0v) is 11.3. The van der Waals surface area contributed by atoms with Crippen molar-refractivity contribution in [3.05, 3.63) is 29.8 Å². The van der Waals surface area contributed by atoms with Crippen molar-refractivity contribution in [2.24, 2.45) is 5.92 Å². The second kappa shape index (κ2) is 6.45. The first-order valence-electron chi connectivity index (χ1n) is 6.90. The van der Waals surface area contributed by atoms with E-state index in [1.165, 1.54) is 18.2 Å². The van der Waals surface area contributed by atoms with Crippen LogP contribution in [0.5, 0.6) is 5.75 Å². The molecular weight excluding hydrogens is 288 g/mol. The van der Waals surface area contributed by atoms with Crippen molar-refractivity contribution in [3.8, 4) is 5.75 Å². The predicted octanol–water partition coefficient (Wildman–Crippen LogP) is 4.69. The highest BCUT2D eigenvalue weighted by Crippen LogP contribution is 2.33. The standard InChI is InChI=1S/C15H16F4O2/c16-14(17)15(18,19)21-12-9-5-4-8-11(12)13(20)10-6-2-1-3-7-10/h4-5,8-10,14H,1-3,6-7H2. The van der Waals surface area contributed by atoms with E-state index in [9.17, 15) is 22.4 Å². The number of ether oxygens (including phenoxy) is 1. The molecule has 0 saturated heterocycles. The molecule has 1 aromatic carbocycles. The summed E-state index contributed by atoms with van der Waals surface area (Å²) >= 11 is 0. The van der Waals surface area contributed by atoms with Crippen LogP contribution in [0.15, 0.2) is 24.3 Å². The summed E-state index contributed by atoms with van der Waals surface area (Å²) in [6.45, 7) is 0. The predicted molar refractivity (Wildman–Crippen MR) is 68.9 cm³/mol. The minimum atomic E-state index is -4.61. The normalized spacial score (nSPS) is 17.0. The average molecular weight is 304 g/mol. The number of carbonyl (C=O) groups is 1. The Morgan fingerprint density at radius 1 is 1.14 bits per heavy atom. The zero-order chi connectivity index (χ0) is 15.5. The van der Waals surface area contributed by atoms with Crippen LogP contribution in [0.3, 0.4) is 0 Å². The third kappa shape index (κ3) is 3.74. The Kier molecular flexibility index (Phi) is 4.85. The number of benzene rings is 1. The fraction of sp³-hybridized carbons (Fsp3) is 0.533. The van der Waals surface area contributed by atoms with Crippen molar-refractivity contribution >= 4 is 5.78 Å². The Hall–Kier alpha value is -1.59. The molecule has 0 aromatic heterocycles. The van der Waals surface area contributed by atoms with Crippen molar-refractivity contribution < 1.29 is 27.1 Å². The van der Waals surface area contributed by atoms with Crippen LogP contribution in [-0.2, 0) is 0 Å². The summed E-state index contributed by atoms with van der Waals surface area (Å²) < 4.78 is 54.6. The first-order valence-corrected chi connectivity index (χ1v) is 6.90. The van der Waals surface area contributed by atoms with E-state index < -0.39 is 18.3 Å². The molecule has 0 heterocycles. The molecule has 1 aliphatic rings. The van der Waals surface area contributed by atoms with E-state index in [2.05, 4.69) is 4.74 Å². The first kappa shape index (κ1) is 15.8. The van der Waals surface area contributed by atoms with Gasteiger partial charge >= 0.3 is 12.5 Å². The van der Waals surface area contributed by atoms with Gasteiger partial charge < -0.3 is 4.74 Å². The summed E-state index contributed by atoms with van der Waals surface area (Å²) in [5, 5.41) is 0. The molecular formula is C15H16F4O2. The quantitative estimate of drug-likeness (QED) is 0.583. The molecule has 21 heavy (non-hydrogen) atoms. The number of ketones is 1. The van der Waals surface area contributed by atoms with E-state index in [4.69, 9.17) is 0 Å². The van der Waals surface area contributed by atoms with E-state index in [-0.39, 0.29) is 17.3 Å². The van der Waals surface area contributed by atoms with Crippen LogP contribution in [-0.4, -0.2) is 18.3 Å². The summed E-state index contributed by atoms with van der Waals surface area (Å²) in [7, 11) is 0. The van der Waals surface area contributed by atoms with Crippen LogP contribution < -0.4 is 4.74 Å². The molecule has 1 saturated carbocycles. The van der Waals surface area contributed by atoms with Crippen LogP contribution in [0.4, 0.5) is 17.6 Å². The van der Waals surface area contributed by atoms with Crippen LogP contribution in [0.1, 0.15) is 42.5 Å². The molecule has 6 heteroatoms. The summed E-state index contributed by atoms with van der Waals surface area (Å²) in [5.74, 6) is -1.04. The molecule has 1 fully saturated rings. The van der Waals surface area contributed by atoms with Crippen molar-refractivity contribution in [2.45, 2.75) is 44.6 Å². The second-order valence-electron chi connectivity index (χ2n) is 5.16. The number of halogens is 4. The number of rotatable bonds is 5. The number of alkyl halides is 4. The van der Waals surface area contributed by atoms with Gasteiger partial charge in [-0.15, -0.1) is 0 Å². The van der Waals surface area contributed by atoms with Crippen LogP contribution in [0.2, 0.25) is 0 Å². The number of hydrogen-bond donors (Lipinski definition) is 0. The molecule has 0 bridgehead atoms. The maximum atomic E-state index is 13.0. The number of para-hydroxylation sites is 1. The molecule has 0 aliphatic heterocycles. The van der Waals surface area contributed by atoms with Crippen LogP contribution in [0.25, 0.3) is 0 Å². The van der Waals surface area contributed by atoms with Gasteiger partial charge in [0.15, 0.2) is 5.78 Å². The zero-order valence-electron chi connectivity index (χ0n) is 11.3. The fourth-order valence-corrected chi connectivity index (χ4v) is 2.54. The van der Waals surface area contributed by atoms with Gasteiger partial charge in [0.25, 0.3) is 0 Å². The van der Waals surface area contributed by atoms with E-state index in [0.717, 1.165) is 25.3 Å². The fourth-order valence-electron chi connectivity index (χ4n) is 2.54. The number of carbonyl (C=O) groups excluding carboxylic acids is 1. The lowest BCUT2D eigenvalue weighted by atomic mass is 9.83. The molecule has 0 atom stereocenters. The molecule has 1 aliphatic carbocycles. The molecule has 0 spiro atoms. The lowest BCUT2D eigenvalue weighted by Gasteiger charge is -2.23. The molecule has 1 aromatic rings. The van der Waals surface area contributed by atoms with Gasteiger partial charge in [0.1, 0.15) is 5.75 Å². The second-order valence-corrected chi connectivity index (χ2v) is 5.16. The van der Waals surface area contributed by atoms with E-state index >= 15 is 0 Å². The van der Waals surface area contributed by atoms with Crippen molar-refractivity contribution in [3.63, 3.8) is 0 Å².